The molecule has 0 aliphatic heterocycles. The van der Waals surface area contributed by atoms with Gasteiger partial charge >= 0.3 is 6.18 Å². The SMILES string of the molecule is O=C(CC12CC3CC(CC(C3)C1)C2)C1(NS(=O)(=O)c2ccccc2C(F)(F)F)CCC1. The molecule has 1 aromatic carbocycles. The van der Waals surface area contributed by atoms with Crippen LogP contribution in [0, 0.1) is 23.2 Å². The Morgan fingerprint density at radius 3 is 2.03 bits per heavy atom. The largest absolute Gasteiger partial charge is 0.417 e. The van der Waals surface area contributed by atoms with Crippen molar-refractivity contribution >= 4 is 15.8 Å². The van der Waals surface area contributed by atoms with Crippen molar-refractivity contribution in [1.29, 1.82) is 0 Å². The van der Waals surface area contributed by atoms with E-state index >= 15 is 0 Å². The normalized spacial score (nSPS) is 33.8. The molecule has 5 saturated carbocycles. The average Bonchev–Trinajstić information content (AvgIpc) is 2.62. The van der Waals surface area contributed by atoms with E-state index in [0.29, 0.717) is 43.4 Å². The first kappa shape index (κ1) is 21.4. The minimum absolute atomic E-state index is 0.0380. The van der Waals surface area contributed by atoms with E-state index in [9.17, 15) is 26.4 Å². The van der Waals surface area contributed by atoms with Gasteiger partial charge in [-0.1, -0.05) is 12.1 Å². The van der Waals surface area contributed by atoms with E-state index in [1.165, 1.54) is 31.4 Å². The summed E-state index contributed by atoms with van der Waals surface area (Å²) in [5.74, 6) is 1.89. The van der Waals surface area contributed by atoms with Gasteiger partial charge in [0, 0.05) is 6.42 Å². The van der Waals surface area contributed by atoms with Crippen LogP contribution in [0.15, 0.2) is 29.2 Å². The summed E-state index contributed by atoms with van der Waals surface area (Å²) in [6.07, 6.45) is 3.80. The molecule has 0 radical (unpaired) electrons. The van der Waals surface area contributed by atoms with Crippen molar-refractivity contribution in [2.24, 2.45) is 23.2 Å². The third kappa shape index (κ3) is 3.73. The smallest absolute Gasteiger partial charge is 0.298 e. The molecular formula is C23H28F3NO3S. The van der Waals surface area contributed by atoms with Gasteiger partial charge in [0.1, 0.15) is 0 Å². The molecule has 1 aromatic rings. The zero-order valence-electron chi connectivity index (χ0n) is 17.4. The Morgan fingerprint density at radius 2 is 1.55 bits per heavy atom. The number of Topliss-reactive ketones (excluding diaryl/α,β-unsaturated/α-hetero) is 1. The molecule has 0 aromatic heterocycles. The molecule has 5 aliphatic rings. The Balaban J connectivity index is 1.39. The van der Waals surface area contributed by atoms with Crippen molar-refractivity contribution in [3.8, 4) is 0 Å². The molecule has 8 heteroatoms. The lowest BCUT2D eigenvalue weighted by Crippen LogP contribution is -2.60. The second kappa shape index (κ2) is 7.04. The van der Waals surface area contributed by atoms with E-state index in [0.717, 1.165) is 31.4 Å². The first-order valence-electron chi connectivity index (χ1n) is 11.2. The van der Waals surface area contributed by atoms with E-state index in [4.69, 9.17) is 0 Å². The number of hydrogen-bond acceptors (Lipinski definition) is 3. The van der Waals surface area contributed by atoms with E-state index in [2.05, 4.69) is 4.72 Å². The van der Waals surface area contributed by atoms with Crippen molar-refractivity contribution in [1.82, 2.24) is 4.72 Å². The predicted molar refractivity (Wildman–Crippen MR) is 109 cm³/mol. The van der Waals surface area contributed by atoms with Gasteiger partial charge in [-0.25, -0.2) is 8.42 Å². The maximum atomic E-state index is 13.5. The van der Waals surface area contributed by atoms with E-state index in [1.807, 2.05) is 0 Å². The number of rotatable bonds is 6. The molecule has 170 valence electrons. The predicted octanol–water partition coefficient (Wildman–Crippen LogP) is 5.08. The summed E-state index contributed by atoms with van der Waals surface area (Å²) in [5, 5.41) is 0. The minimum Gasteiger partial charge on any atom is -0.298 e. The summed E-state index contributed by atoms with van der Waals surface area (Å²) < 4.78 is 68.7. The molecule has 0 atom stereocenters. The van der Waals surface area contributed by atoms with Gasteiger partial charge in [-0.15, -0.1) is 0 Å². The average molecular weight is 456 g/mol. The number of nitrogens with one attached hydrogen (secondary N) is 1. The highest BCUT2D eigenvalue weighted by molar-refractivity contribution is 7.89. The molecule has 1 N–H and O–H groups in total. The van der Waals surface area contributed by atoms with Gasteiger partial charge in [0.05, 0.1) is 16.0 Å². The summed E-state index contributed by atoms with van der Waals surface area (Å²) in [6, 6.07) is 4.16. The van der Waals surface area contributed by atoms with Crippen molar-refractivity contribution < 1.29 is 26.4 Å². The summed E-state index contributed by atoms with van der Waals surface area (Å²) in [4.78, 5) is 12.7. The van der Waals surface area contributed by atoms with Gasteiger partial charge in [0.15, 0.2) is 5.78 Å². The second-order valence-corrected chi connectivity index (χ2v) is 12.2. The highest BCUT2D eigenvalue weighted by atomic mass is 32.2. The minimum atomic E-state index is -4.79. The second-order valence-electron chi connectivity index (χ2n) is 10.6. The van der Waals surface area contributed by atoms with E-state index in [-0.39, 0.29) is 11.2 Å². The summed E-state index contributed by atoms with van der Waals surface area (Å²) >= 11 is 0. The Hall–Kier alpha value is -1.41. The molecule has 5 fully saturated rings. The van der Waals surface area contributed by atoms with Gasteiger partial charge in [0.25, 0.3) is 0 Å². The number of ketones is 1. The molecule has 4 bridgehead atoms. The number of sulfonamides is 1. The van der Waals surface area contributed by atoms with Gasteiger partial charge in [-0.3, -0.25) is 4.79 Å². The Labute approximate surface area is 181 Å². The first-order valence-corrected chi connectivity index (χ1v) is 12.7. The van der Waals surface area contributed by atoms with Crippen LogP contribution >= 0.6 is 0 Å². The van der Waals surface area contributed by atoms with Gasteiger partial charge in [-0.05, 0) is 93.1 Å². The van der Waals surface area contributed by atoms with Crippen LogP contribution in [0.2, 0.25) is 0 Å². The van der Waals surface area contributed by atoms with Crippen LogP contribution in [0.5, 0.6) is 0 Å². The molecule has 6 rings (SSSR count). The molecule has 0 amide bonds. The fraction of sp³-hybridized carbons (Fsp3) is 0.696. The van der Waals surface area contributed by atoms with Crippen molar-refractivity contribution in [2.45, 2.75) is 80.8 Å². The number of alkyl halides is 3. The van der Waals surface area contributed by atoms with Crippen LogP contribution in [-0.4, -0.2) is 19.7 Å². The molecule has 0 spiro atoms. The maximum absolute atomic E-state index is 13.5. The van der Waals surface area contributed by atoms with Gasteiger partial charge < -0.3 is 0 Å². The van der Waals surface area contributed by atoms with Crippen molar-refractivity contribution in [3.05, 3.63) is 29.8 Å². The van der Waals surface area contributed by atoms with Crippen LogP contribution in [0.1, 0.15) is 69.8 Å². The summed E-state index contributed by atoms with van der Waals surface area (Å²) in [7, 11) is -4.49. The summed E-state index contributed by atoms with van der Waals surface area (Å²) in [6.45, 7) is 0. The lowest BCUT2D eigenvalue weighted by Gasteiger charge is -2.57. The standard InChI is InChI=1S/C23H28F3NO3S/c24-23(25,26)18-4-1-2-5-19(18)31(29,30)27-22(6-3-7-22)20(28)14-21-11-15-8-16(12-21)10-17(9-15)13-21/h1-2,4-5,15-17,27H,3,6-14H2. The number of carbonyl (C=O) groups excluding carboxylic acids is 1. The number of hydrogen-bond donors (Lipinski definition) is 1. The monoisotopic (exact) mass is 455 g/mol. The third-order valence-electron chi connectivity index (χ3n) is 8.25. The number of halogens is 3. The number of benzene rings is 1. The molecule has 5 aliphatic carbocycles. The molecule has 0 unspecified atom stereocenters. The van der Waals surface area contributed by atoms with Crippen LogP contribution in [0.4, 0.5) is 13.2 Å². The van der Waals surface area contributed by atoms with Crippen molar-refractivity contribution in [3.63, 3.8) is 0 Å². The van der Waals surface area contributed by atoms with Crippen LogP contribution in [0.25, 0.3) is 0 Å². The lowest BCUT2D eigenvalue weighted by molar-refractivity contribution is -0.139. The Bertz CT molecular complexity index is 962. The zero-order valence-corrected chi connectivity index (χ0v) is 18.2. The molecule has 4 nitrogen and oxygen atoms in total. The topological polar surface area (TPSA) is 63.2 Å². The molecular weight excluding hydrogens is 427 g/mol. The quantitative estimate of drug-likeness (QED) is 0.651. The first-order chi connectivity index (χ1) is 14.5. The lowest BCUT2D eigenvalue weighted by atomic mass is 9.48. The zero-order chi connectivity index (χ0) is 22.1. The van der Waals surface area contributed by atoms with E-state index < -0.39 is 32.2 Å². The number of carbonyl (C=O) groups is 1. The Morgan fingerprint density at radius 1 is 1.00 bits per heavy atom. The molecule has 31 heavy (non-hydrogen) atoms. The maximum Gasteiger partial charge on any atom is 0.417 e. The third-order valence-corrected chi connectivity index (χ3v) is 9.85. The van der Waals surface area contributed by atoms with Crippen molar-refractivity contribution in [2.75, 3.05) is 0 Å². The van der Waals surface area contributed by atoms with E-state index in [1.54, 1.807) is 0 Å². The molecule has 0 heterocycles. The van der Waals surface area contributed by atoms with Gasteiger partial charge in [0.2, 0.25) is 10.0 Å². The van der Waals surface area contributed by atoms with Gasteiger partial charge in [-0.2, -0.15) is 17.9 Å². The van der Waals surface area contributed by atoms with Crippen LogP contribution in [0.3, 0.4) is 0 Å². The highest BCUT2D eigenvalue weighted by Crippen LogP contribution is 2.62. The molecule has 0 saturated heterocycles. The fourth-order valence-electron chi connectivity index (χ4n) is 7.23. The Kier molecular flexibility index (Phi) is 4.87. The summed E-state index contributed by atoms with van der Waals surface area (Å²) in [5.41, 5.74) is -2.50. The van der Waals surface area contributed by atoms with Crippen LogP contribution in [-0.2, 0) is 21.0 Å². The highest BCUT2D eigenvalue weighted by Gasteiger charge is 2.55. The van der Waals surface area contributed by atoms with Crippen LogP contribution < -0.4 is 4.72 Å². The fourth-order valence-corrected chi connectivity index (χ4v) is 8.91.